The lowest BCUT2D eigenvalue weighted by molar-refractivity contribution is 0.0744. The van der Waals surface area contributed by atoms with E-state index in [9.17, 15) is 8.78 Å². The minimum absolute atomic E-state index is 0.132. The molecule has 9 heteroatoms. The minimum Gasteiger partial charge on any atom is -0.357 e. The molecule has 2 aromatic heterocycles. The summed E-state index contributed by atoms with van der Waals surface area (Å²) in [6, 6.07) is 6.07. The summed E-state index contributed by atoms with van der Waals surface area (Å²) in [6.45, 7) is 4.63. The second kappa shape index (κ2) is 9.59. The first kappa shape index (κ1) is 19.5. The summed E-state index contributed by atoms with van der Waals surface area (Å²) in [7, 11) is 0. The van der Waals surface area contributed by atoms with E-state index in [2.05, 4.69) is 25.8 Å². The summed E-state index contributed by atoms with van der Waals surface area (Å²) in [6.07, 6.45) is 2.05. The maximum absolute atomic E-state index is 12.5. The molecule has 0 amide bonds. The van der Waals surface area contributed by atoms with Crippen molar-refractivity contribution in [1.29, 1.82) is 0 Å². The molecule has 0 unspecified atom stereocenters. The molecule has 1 aliphatic rings. The van der Waals surface area contributed by atoms with Gasteiger partial charge in [0.2, 0.25) is 0 Å². The number of halogens is 2. The van der Waals surface area contributed by atoms with E-state index in [1.165, 1.54) is 0 Å². The van der Waals surface area contributed by atoms with Crippen LogP contribution in [0, 0.1) is 0 Å². The summed E-state index contributed by atoms with van der Waals surface area (Å²) >= 11 is 0. The summed E-state index contributed by atoms with van der Waals surface area (Å²) in [5.41, 5.74) is 0.831. The van der Waals surface area contributed by atoms with E-state index in [0.717, 1.165) is 36.8 Å². The van der Waals surface area contributed by atoms with Gasteiger partial charge in [-0.3, -0.25) is 14.3 Å². The van der Waals surface area contributed by atoms with E-state index >= 15 is 0 Å². The molecule has 1 fully saturated rings. The Morgan fingerprint density at radius 3 is 2.85 bits per heavy atom. The summed E-state index contributed by atoms with van der Waals surface area (Å²) < 4.78 is 26.9. The summed E-state index contributed by atoms with van der Waals surface area (Å²) in [5, 5.41) is 15.1. The number of aromatic nitrogens is 3. The molecule has 7 nitrogen and oxygen atoms in total. The lowest BCUT2D eigenvalue weighted by Crippen LogP contribution is -2.49. The first-order valence-corrected chi connectivity index (χ1v) is 9.49. The van der Waals surface area contributed by atoms with Gasteiger partial charge in [0, 0.05) is 44.8 Å². The highest BCUT2D eigenvalue weighted by atomic mass is 19.3. The number of guanidine groups is 1. The van der Waals surface area contributed by atoms with Gasteiger partial charge in [0.25, 0.3) is 6.43 Å². The van der Waals surface area contributed by atoms with Gasteiger partial charge in [0.05, 0.1) is 6.54 Å². The molecule has 27 heavy (non-hydrogen) atoms. The first-order chi connectivity index (χ1) is 13.2. The molecule has 0 spiro atoms. The minimum atomic E-state index is -2.26. The van der Waals surface area contributed by atoms with Crippen molar-refractivity contribution in [3.05, 3.63) is 30.2 Å². The first-order valence-electron chi connectivity index (χ1n) is 9.49. The Labute approximate surface area is 157 Å². The molecule has 0 atom stereocenters. The molecular formula is C18H27F2N7. The molecular weight excluding hydrogens is 352 g/mol. The van der Waals surface area contributed by atoms with Crippen LogP contribution in [0.2, 0.25) is 0 Å². The molecule has 0 aliphatic carbocycles. The van der Waals surface area contributed by atoms with Crippen molar-refractivity contribution in [1.82, 2.24) is 30.1 Å². The monoisotopic (exact) mass is 379 g/mol. The van der Waals surface area contributed by atoms with Crippen LogP contribution in [0.25, 0.3) is 5.65 Å². The zero-order chi connectivity index (χ0) is 19.1. The largest absolute Gasteiger partial charge is 0.357 e. The van der Waals surface area contributed by atoms with E-state index in [0.29, 0.717) is 26.1 Å². The number of fused-ring (bicyclic) bond motifs is 1. The molecule has 3 heterocycles. The highest BCUT2D eigenvalue weighted by molar-refractivity contribution is 5.80. The van der Waals surface area contributed by atoms with Crippen LogP contribution in [0.4, 0.5) is 8.78 Å². The molecule has 1 saturated heterocycles. The third-order valence-corrected chi connectivity index (χ3v) is 4.66. The maximum atomic E-state index is 12.5. The van der Waals surface area contributed by atoms with E-state index in [1.54, 1.807) is 0 Å². The van der Waals surface area contributed by atoms with Crippen LogP contribution in [0.1, 0.15) is 25.6 Å². The van der Waals surface area contributed by atoms with Gasteiger partial charge in [-0.15, -0.1) is 10.2 Å². The average Bonchev–Trinajstić information content (AvgIpc) is 3.06. The van der Waals surface area contributed by atoms with Gasteiger partial charge < -0.3 is 10.6 Å². The molecule has 0 saturated carbocycles. The molecule has 148 valence electrons. The van der Waals surface area contributed by atoms with E-state index < -0.39 is 6.43 Å². The Balaban J connectivity index is 1.51. The van der Waals surface area contributed by atoms with Crippen molar-refractivity contribution >= 4 is 11.6 Å². The van der Waals surface area contributed by atoms with Crippen molar-refractivity contribution in [2.24, 2.45) is 4.99 Å². The molecule has 0 bridgehead atoms. The van der Waals surface area contributed by atoms with Crippen LogP contribution in [-0.4, -0.2) is 70.6 Å². The predicted molar refractivity (Wildman–Crippen MR) is 101 cm³/mol. The third kappa shape index (κ3) is 5.59. The van der Waals surface area contributed by atoms with Crippen LogP contribution in [0.3, 0.4) is 0 Å². The van der Waals surface area contributed by atoms with E-state index in [1.807, 2.05) is 40.6 Å². The molecule has 3 rings (SSSR count). The Hall–Kier alpha value is -2.29. The van der Waals surface area contributed by atoms with Crippen molar-refractivity contribution in [2.45, 2.75) is 38.7 Å². The third-order valence-electron chi connectivity index (χ3n) is 4.66. The van der Waals surface area contributed by atoms with Gasteiger partial charge in [0.15, 0.2) is 11.6 Å². The number of alkyl halides is 2. The van der Waals surface area contributed by atoms with Crippen molar-refractivity contribution in [3.63, 3.8) is 0 Å². The van der Waals surface area contributed by atoms with Gasteiger partial charge in [0.1, 0.15) is 5.82 Å². The van der Waals surface area contributed by atoms with Crippen LogP contribution in [0.5, 0.6) is 0 Å². The number of nitrogens with zero attached hydrogens (tertiary/aromatic N) is 5. The maximum Gasteiger partial charge on any atom is 0.251 e. The second-order valence-corrected chi connectivity index (χ2v) is 6.67. The topological polar surface area (TPSA) is 69.8 Å². The SMILES string of the molecule is CCNC(=NCCc1nnc2ccccn12)NC1CCN(CC(F)F)CC1. The average molecular weight is 379 g/mol. The number of likely N-dealkylation sites (tertiary alicyclic amines) is 1. The van der Waals surface area contributed by atoms with Crippen LogP contribution < -0.4 is 10.6 Å². The summed E-state index contributed by atoms with van der Waals surface area (Å²) in [5.74, 6) is 1.64. The number of hydrogen-bond donors (Lipinski definition) is 2. The van der Waals surface area contributed by atoms with Crippen LogP contribution in [-0.2, 0) is 6.42 Å². The highest BCUT2D eigenvalue weighted by Crippen LogP contribution is 2.12. The van der Waals surface area contributed by atoms with E-state index in [4.69, 9.17) is 0 Å². The molecule has 0 radical (unpaired) electrons. The Morgan fingerprint density at radius 2 is 2.11 bits per heavy atom. The van der Waals surface area contributed by atoms with Gasteiger partial charge >= 0.3 is 0 Å². The smallest absolute Gasteiger partial charge is 0.251 e. The predicted octanol–water partition coefficient (Wildman–Crippen LogP) is 1.56. The Bertz CT molecular complexity index is 738. The number of nitrogens with one attached hydrogen (secondary N) is 2. The molecule has 1 aliphatic heterocycles. The van der Waals surface area contributed by atoms with Crippen LogP contribution in [0.15, 0.2) is 29.4 Å². The lowest BCUT2D eigenvalue weighted by atomic mass is 10.1. The molecule has 0 aromatic carbocycles. The zero-order valence-electron chi connectivity index (χ0n) is 15.6. The fourth-order valence-corrected chi connectivity index (χ4v) is 3.30. The number of rotatable bonds is 7. The summed E-state index contributed by atoms with van der Waals surface area (Å²) in [4.78, 5) is 6.46. The molecule has 2 N–H and O–H groups in total. The van der Waals surface area contributed by atoms with Crippen molar-refractivity contribution < 1.29 is 8.78 Å². The highest BCUT2D eigenvalue weighted by Gasteiger charge is 2.21. The Morgan fingerprint density at radius 1 is 1.30 bits per heavy atom. The van der Waals surface area contributed by atoms with Gasteiger partial charge in [-0.2, -0.15) is 0 Å². The lowest BCUT2D eigenvalue weighted by Gasteiger charge is -2.32. The number of aliphatic imine (C=N–C) groups is 1. The fraction of sp³-hybridized carbons (Fsp3) is 0.611. The molecule has 2 aromatic rings. The normalized spacial score (nSPS) is 17.0. The van der Waals surface area contributed by atoms with Gasteiger partial charge in [-0.05, 0) is 31.9 Å². The van der Waals surface area contributed by atoms with Crippen molar-refractivity contribution in [2.75, 3.05) is 32.7 Å². The quantitative estimate of drug-likeness (QED) is 0.564. The Kier molecular flexibility index (Phi) is 6.92. The number of hydrogen-bond acceptors (Lipinski definition) is 4. The van der Waals surface area contributed by atoms with Crippen molar-refractivity contribution in [3.8, 4) is 0 Å². The number of pyridine rings is 1. The van der Waals surface area contributed by atoms with E-state index in [-0.39, 0.29) is 12.6 Å². The zero-order valence-corrected chi connectivity index (χ0v) is 15.6. The second-order valence-electron chi connectivity index (χ2n) is 6.67. The van der Waals surface area contributed by atoms with Gasteiger partial charge in [-0.25, -0.2) is 8.78 Å². The fourth-order valence-electron chi connectivity index (χ4n) is 3.30. The van der Waals surface area contributed by atoms with Crippen LogP contribution >= 0.6 is 0 Å². The standard InChI is InChI=1S/C18H27F2N7/c1-2-21-18(23-14-7-11-26(12-8-14)13-15(19)20)22-9-6-17-25-24-16-5-3-4-10-27(16)17/h3-5,10,14-15H,2,6-9,11-13H2,1H3,(H2,21,22,23). The van der Waals surface area contributed by atoms with Gasteiger partial charge in [-0.1, -0.05) is 6.07 Å². The number of piperidine rings is 1.